The largest absolute Gasteiger partial charge is 0.472 e. The summed E-state index contributed by atoms with van der Waals surface area (Å²) in [6.45, 7) is 2.70. The Morgan fingerprint density at radius 3 is 1.58 bits per heavy atom. The van der Waals surface area contributed by atoms with Gasteiger partial charge in [-0.1, -0.05) is 12.1 Å². The van der Waals surface area contributed by atoms with Crippen molar-refractivity contribution < 1.29 is 18.4 Å². The lowest BCUT2D eigenvalue weighted by atomic mass is 9.97. The molecule has 2 atom stereocenters. The minimum absolute atomic E-state index is 0.0352. The SMILES string of the molecule is O=C(Nc1ccc2c(c1)C(c1ccoc1)=NC2)C1CCc2cncn2C1.O=C(Nc1ccc2c(c1)C(c1ccoc1)=NC2)[C@@H]1CCc2cncn2C1. The number of carbonyl (C=O) groups is 2. The van der Waals surface area contributed by atoms with Gasteiger partial charge in [0.25, 0.3) is 0 Å². The number of amides is 2. The van der Waals surface area contributed by atoms with E-state index < -0.39 is 0 Å². The highest BCUT2D eigenvalue weighted by Gasteiger charge is 2.27. The molecule has 0 fully saturated rings. The summed E-state index contributed by atoms with van der Waals surface area (Å²) in [6.07, 6.45) is 17.5. The fourth-order valence-corrected chi connectivity index (χ4v) is 7.48. The van der Waals surface area contributed by atoms with Gasteiger partial charge < -0.3 is 28.6 Å². The summed E-state index contributed by atoms with van der Waals surface area (Å²) in [5.41, 5.74) is 12.2. The highest BCUT2D eigenvalue weighted by molar-refractivity contribution is 6.16. The van der Waals surface area contributed by atoms with Crippen LogP contribution >= 0.6 is 0 Å². The third-order valence-corrected chi connectivity index (χ3v) is 10.3. The van der Waals surface area contributed by atoms with Crippen LogP contribution < -0.4 is 10.6 Å². The summed E-state index contributed by atoms with van der Waals surface area (Å²) in [5.74, 6) is 0.0483. The van der Waals surface area contributed by atoms with Crippen LogP contribution in [0, 0.1) is 11.8 Å². The van der Waals surface area contributed by atoms with Crippen molar-refractivity contribution in [3.05, 3.63) is 143 Å². The first-order valence-electron chi connectivity index (χ1n) is 17.6. The van der Waals surface area contributed by atoms with Crippen molar-refractivity contribution in [2.45, 2.75) is 51.9 Å². The summed E-state index contributed by atoms with van der Waals surface area (Å²) < 4.78 is 14.5. The number of nitrogens with zero attached hydrogens (tertiary/aromatic N) is 6. The molecule has 4 aliphatic rings. The Bertz CT molecular complexity index is 2170. The van der Waals surface area contributed by atoms with Crippen molar-refractivity contribution in [2.75, 3.05) is 10.6 Å². The van der Waals surface area contributed by atoms with Crippen LogP contribution in [-0.2, 0) is 48.6 Å². The van der Waals surface area contributed by atoms with Gasteiger partial charge in [0.1, 0.15) is 0 Å². The van der Waals surface area contributed by atoms with Crippen LogP contribution in [0.3, 0.4) is 0 Å². The lowest BCUT2D eigenvalue weighted by molar-refractivity contribution is -0.121. The molecule has 12 heteroatoms. The highest BCUT2D eigenvalue weighted by Crippen LogP contribution is 2.29. The normalized spacial score (nSPS) is 18.2. The Kier molecular flexibility index (Phi) is 8.18. The van der Waals surface area contributed by atoms with Crippen LogP contribution in [0.5, 0.6) is 0 Å². The maximum Gasteiger partial charge on any atom is 0.229 e. The van der Waals surface area contributed by atoms with Gasteiger partial charge in [-0.05, 0) is 73.2 Å². The van der Waals surface area contributed by atoms with Crippen molar-refractivity contribution in [3.63, 3.8) is 0 Å². The summed E-state index contributed by atoms with van der Waals surface area (Å²) in [7, 11) is 0. The van der Waals surface area contributed by atoms with Crippen LogP contribution in [-0.4, -0.2) is 42.3 Å². The first-order valence-corrected chi connectivity index (χ1v) is 17.6. The molecule has 0 radical (unpaired) electrons. The van der Waals surface area contributed by atoms with Gasteiger partial charge in [-0.3, -0.25) is 19.6 Å². The summed E-state index contributed by atoms with van der Waals surface area (Å²) in [5, 5.41) is 6.16. The first-order chi connectivity index (χ1) is 25.6. The van der Waals surface area contributed by atoms with Gasteiger partial charge in [-0.2, -0.15) is 0 Å². The van der Waals surface area contributed by atoms with E-state index in [1.54, 1.807) is 37.7 Å². The van der Waals surface area contributed by atoms with E-state index in [4.69, 9.17) is 8.83 Å². The molecule has 2 aromatic carbocycles. The number of nitrogens with one attached hydrogen (secondary N) is 2. The molecule has 6 aromatic rings. The minimum atomic E-state index is -0.0352. The third-order valence-electron chi connectivity index (χ3n) is 10.3. The number of hydrogen-bond donors (Lipinski definition) is 2. The molecule has 0 saturated heterocycles. The second-order valence-electron chi connectivity index (χ2n) is 13.6. The molecule has 2 N–H and O–H groups in total. The average molecular weight is 693 g/mol. The fourth-order valence-electron chi connectivity index (χ4n) is 7.48. The maximum atomic E-state index is 12.7. The molecule has 8 heterocycles. The Balaban J connectivity index is 0.000000138. The predicted molar refractivity (Wildman–Crippen MR) is 194 cm³/mol. The third kappa shape index (κ3) is 6.16. The second-order valence-corrected chi connectivity index (χ2v) is 13.6. The van der Waals surface area contributed by atoms with E-state index in [9.17, 15) is 9.59 Å². The van der Waals surface area contributed by atoms with Crippen molar-refractivity contribution in [1.29, 1.82) is 0 Å². The average Bonchev–Trinajstić information content (AvgIpc) is 4.02. The molecule has 0 bridgehead atoms. The zero-order valence-corrected chi connectivity index (χ0v) is 28.4. The van der Waals surface area contributed by atoms with E-state index in [-0.39, 0.29) is 23.7 Å². The van der Waals surface area contributed by atoms with Gasteiger partial charge in [0.15, 0.2) is 0 Å². The zero-order chi connectivity index (χ0) is 35.0. The molecule has 52 heavy (non-hydrogen) atoms. The van der Waals surface area contributed by atoms with Crippen molar-refractivity contribution >= 4 is 34.6 Å². The number of aliphatic imine (C=N–C) groups is 2. The summed E-state index contributed by atoms with van der Waals surface area (Å²) in [4.78, 5) is 43.0. The number of hydrogen-bond acceptors (Lipinski definition) is 8. The number of anilines is 2. The number of rotatable bonds is 6. The van der Waals surface area contributed by atoms with Crippen molar-refractivity contribution in [2.24, 2.45) is 21.8 Å². The number of furan rings is 2. The lowest BCUT2D eigenvalue weighted by Gasteiger charge is -2.23. The summed E-state index contributed by atoms with van der Waals surface area (Å²) >= 11 is 0. The molecule has 4 aromatic heterocycles. The molecule has 0 saturated carbocycles. The number of aryl methyl sites for hydroxylation is 2. The Morgan fingerprint density at radius 2 is 1.13 bits per heavy atom. The van der Waals surface area contributed by atoms with Gasteiger partial charge >= 0.3 is 0 Å². The van der Waals surface area contributed by atoms with Gasteiger partial charge in [0, 0.05) is 70.5 Å². The van der Waals surface area contributed by atoms with Crippen LogP contribution in [0.1, 0.15) is 57.6 Å². The molecule has 0 aliphatic carbocycles. The molecule has 10 rings (SSSR count). The van der Waals surface area contributed by atoms with E-state index in [0.717, 1.165) is 70.7 Å². The number of carbonyl (C=O) groups excluding carboxylic acids is 2. The topological polar surface area (TPSA) is 145 Å². The number of aromatic nitrogens is 4. The Morgan fingerprint density at radius 1 is 0.654 bits per heavy atom. The molecule has 12 nitrogen and oxygen atoms in total. The van der Waals surface area contributed by atoms with Crippen LogP contribution in [0.4, 0.5) is 11.4 Å². The summed E-state index contributed by atoms with van der Waals surface area (Å²) in [6, 6.07) is 15.8. The van der Waals surface area contributed by atoms with Gasteiger partial charge in [-0.15, -0.1) is 0 Å². The minimum Gasteiger partial charge on any atom is -0.472 e. The smallest absolute Gasteiger partial charge is 0.229 e. The van der Waals surface area contributed by atoms with E-state index in [1.165, 1.54) is 22.5 Å². The Hall–Kier alpha value is -6.30. The van der Waals surface area contributed by atoms with E-state index in [2.05, 4.69) is 39.7 Å². The quantitative estimate of drug-likeness (QED) is 0.217. The van der Waals surface area contributed by atoms with Gasteiger partial charge in [0.05, 0.1) is 74.1 Å². The van der Waals surface area contributed by atoms with Crippen molar-refractivity contribution in [1.82, 2.24) is 19.1 Å². The monoisotopic (exact) mass is 692 g/mol. The number of fused-ring (bicyclic) bond motifs is 4. The standard InChI is InChI=1S/2C20H18N4O2/c2*25-20(14-2-4-17-9-21-12-24(17)10-14)23-16-3-1-13-8-22-19(18(13)7-16)15-5-6-26-11-15/h2*1,3,5-7,9,11-12,14H,2,4,8,10H2,(H,23,25)/t14-;/m1./s1. The van der Waals surface area contributed by atoms with Crippen molar-refractivity contribution in [3.8, 4) is 0 Å². The van der Waals surface area contributed by atoms with E-state index in [0.29, 0.717) is 26.2 Å². The van der Waals surface area contributed by atoms with Gasteiger partial charge in [0.2, 0.25) is 11.8 Å². The van der Waals surface area contributed by atoms with E-state index >= 15 is 0 Å². The number of imidazole rings is 2. The molecule has 2 amide bonds. The highest BCUT2D eigenvalue weighted by atomic mass is 16.3. The van der Waals surface area contributed by atoms with E-state index in [1.807, 2.05) is 60.9 Å². The fraction of sp³-hybridized carbons (Fsp3) is 0.250. The van der Waals surface area contributed by atoms with Crippen LogP contribution in [0.25, 0.3) is 0 Å². The molecule has 260 valence electrons. The molecule has 4 aliphatic heterocycles. The van der Waals surface area contributed by atoms with Gasteiger partial charge in [-0.25, -0.2) is 9.97 Å². The number of benzene rings is 2. The van der Waals surface area contributed by atoms with Crippen LogP contribution in [0.15, 0.2) is 117 Å². The second kappa shape index (κ2) is 13.4. The lowest BCUT2D eigenvalue weighted by Crippen LogP contribution is -2.30. The molecule has 0 spiro atoms. The van der Waals surface area contributed by atoms with Crippen LogP contribution in [0.2, 0.25) is 0 Å². The molecular weight excluding hydrogens is 656 g/mol. The molecular formula is C40H36N8O4. The molecule has 1 unspecified atom stereocenters. The zero-order valence-electron chi connectivity index (χ0n) is 28.4. The maximum absolute atomic E-state index is 12.7. The predicted octanol–water partition coefficient (Wildman–Crippen LogP) is 6.06. The Labute approximate surface area is 299 Å². The first kappa shape index (κ1) is 31.7.